The summed E-state index contributed by atoms with van der Waals surface area (Å²) in [5.74, 6) is 0.316. The smallest absolute Gasteiger partial charge is 0.406 e. The Morgan fingerprint density at radius 3 is 2.82 bits per heavy atom. The predicted molar refractivity (Wildman–Crippen MR) is 93.3 cm³/mol. The minimum Gasteiger partial charge on any atom is -0.406 e. The summed E-state index contributed by atoms with van der Waals surface area (Å²) in [5.41, 5.74) is 3.43. The molecule has 0 saturated heterocycles. The third kappa shape index (κ3) is 3.43. The number of rotatable bonds is 3. The lowest BCUT2D eigenvalue weighted by Crippen LogP contribution is -2.17. The van der Waals surface area contributed by atoms with Crippen molar-refractivity contribution < 1.29 is 22.4 Å². The fourth-order valence-corrected chi connectivity index (χ4v) is 3.50. The SMILES string of the molecule is C[C@@H]1CCc2c(-c3noc(-c4cc(C#N)cc(OC(F)(F)F)c4)n3)cccc21. The van der Waals surface area contributed by atoms with E-state index in [0.717, 1.165) is 36.1 Å². The Kier molecular flexibility index (Phi) is 4.30. The Morgan fingerprint density at radius 2 is 2.07 bits per heavy atom. The third-order valence-corrected chi connectivity index (χ3v) is 4.75. The Balaban J connectivity index is 1.73. The molecule has 5 nitrogen and oxygen atoms in total. The molecule has 0 bridgehead atoms. The average Bonchev–Trinajstić information content (AvgIpc) is 3.27. The van der Waals surface area contributed by atoms with Gasteiger partial charge in [-0.3, -0.25) is 0 Å². The summed E-state index contributed by atoms with van der Waals surface area (Å²) in [7, 11) is 0. The van der Waals surface area contributed by atoms with E-state index in [4.69, 9.17) is 9.78 Å². The van der Waals surface area contributed by atoms with Crippen LogP contribution >= 0.6 is 0 Å². The van der Waals surface area contributed by atoms with Crippen LogP contribution in [0.25, 0.3) is 22.8 Å². The van der Waals surface area contributed by atoms with E-state index < -0.39 is 12.1 Å². The van der Waals surface area contributed by atoms with Crippen LogP contribution in [0, 0.1) is 11.3 Å². The van der Waals surface area contributed by atoms with E-state index in [2.05, 4.69) is 27.9 Å². The highest BCUT2D eigenvalue weighted by molar-refractivity contribution is 5.67. The van der Waals surface area contributed by atoms with Gasteiger partial charge in [0.2, 0.25) is 5.82 Å². The van der Waals surface area contributed by atoms with Gasteiger partial charge in [0.15, 0.2) is 0 Å². The molecule has 1 aliphatic carbocycles. The van der Waals surface area contributed by atoms with Crippen molar-refractivity contribution in [1.82, 2.24) is 10.1 Å². The quantitative estimate of drug-likeness (QED) is 0.618. The van der Waals surface area contributed by atoms with Crippen molar-refractivity contribution in [1.29, 1.82) is 5.26 Å². The van der Waals surface area contributed by atoms with Crippen LogP contribution in [-0.4, -0.2) is 16.5 Å². The monoisotopic (exact) mass is 385 g/mol. The van der Waals surface area contributed by atoms with Gasteiger partial charge in [-0.2, -0.15) is 10.2 Å². The zero-order valence-corrected chi connectivity index (χ0v) is 14.7. The van der Waals surface area contributed by atoms with Crippen LogP contribution in [0.15, 0.2) is 40.9 Å². The molecule has 8 heteroatoms. The van der Waals surface area contributed by atoms with Crippen molar-refractivity contribution in [2.24, 2.45) is 0 Å². The molecule has 0 amide bonds. The summed E-state index contributed by atoms with van der Waals surface area (Å²) in [6.07, 6.45) is -2.92. The van der Waals surface area contributed by atoms with E-state index in [1.807, 2.05) is 12.1 Å². The standard InChI is InChI=1S/C20H14F3N3O2/c1-11-5-6-16-15(11)3-2-4-17(16)18-25-19(28-26-18)13-7-12(10-24)8-14(9-13)27-20(21,22)23/h2-4,7-9,11H,5-6H2,1H3/t11-/m1/s1. The van der Waals surface area contributed by atoms with Gasteiger partial charge in [0.05, 0.1) is 11.6 Å². The minimum absolute atomic E-state index is 0.00840. The predicted octanol–water partition coefficient (Wildman–Crippen LogP) is 5.22. The second-order valence-corrected chi connectivity index (χ2v) is 6.64. The summed E-state index contributed by atoms with van der Waals surface area (Å²) in [6.45, 7) is 2.16. The molecule has 1 atom stereocenters. The van der Waals surface area contributed by atoms with Crippen LogP contribution in [0.1, 0.15) is 36.0 Å². The molecule has 2 aromatic carbocycles. The van der Waals surface area contributed by atoms with Crippen molar-refractivity contribution in [3.63, 3.8) is 0 Å². The van der Waals surface area contributed by atoms with Crippen molar-refractivity contribution >= 4 is 0 Å². The molecule has 0 aliphatic heterocycles. The van der Waals surface area contributed by atoms with Crippen LogP contribution in [0.2, 0.25) is 0 Å². The lowest BCUT2D eigenvalue weighted by atomic mass is 9.99. The molecule has 0 fully saturated rings. The first-order chi connectivity index (χ1) is 13.3. The van der Waals surface area contributed by atoms with E-state index in [0.29, 0.717) is 11.7 Å². The fourth-order valence-electron chi connectivity index (χ4n) is 3.50. The van der Waals surface area contributed by atoms with Gasteiger partial charge in [-0.1, -0.05) is 30.3 Å². The first kappa shape index (κ1) is 18.0. The van der Waals surface area contributed by atoms with Gasteiger partial charge in [0, 0.05) is 11.1 Å². The number of nitrogens with zero attached hydrogens (tertiary/aromatic N) is 3. The molecule has 3 aromatic rings. The van der Waals surface area contributed by atoms with Crippen LogP contribution in [-0.2, 0) is 6.42 Å². The van der Waals surface area contributed by atoms with Gasteiger partial charge in [0.1, 0.15) is 5.75 Å². The summed E-state index contributed by atoms with van der Waals surface area (Å²) >= 11 is 0. The molecule has 0 radical (unpaired) electrons. The number of benzene rings is 2. The molecule has 1 aromatic heterocycles. The molecule has 0 N–H and O–H groups in total. The van der Waals surface area contributed by atoms with Crippen molar-refractivity contribution in [3.8, 4) is 34.7 Å². The molecule has 0 spiro atoms. The Bertz CT molecular complexity index is 1080. The maximum Gasteiger partial charge on any atom is 0.573 e. The van der Waals surface area contributed by atoms with Gasteiger partial charge in [-0.05, 0) is 48.1 Å². The van der Waals surface area contributed by atoms with Gasteiger partial charge in [0.25, 0.3) is 5.89 Å². The number of aromatic nitrogens is 2. The second-order valence-electron chi connectivity index (χ2n) is 6.64. The normalized spacial score (nSPS) is 15.9. The Labute approximate surface area is 158 Å². The maximum atomic E-state index is 12.5. The number of fused-ring (bicyclic) bond motifs is 1. The van der Waals surface area contributed by atoms with Gasteiger partial charge < -0.3 is 9.26 Å². The molecule has 28 heavy (non-hydrogen) atoms. The summed E-state index contributed by atoms with van der Waals surface area (Å²) < 4.78 is 46.8. The molecule has 0 saturated carbocycles. The van der Waals surface area contributed by atoms with E-state index >= 15 is 0 Å². The molecule has 142 valence electrons. The molecular formula is C20H14F3N3O2. The number of ether oxygens (including phenoxy) is 1. The van der Waals surface area contributed by atoms with E-state index in [-0.39, 0.29) is 17.0 Å². The van der Waals surface area contributed by atoms with Gasteiger partial charge in [-0.25, -0.2) is 0 Å². The highest BCUT2D eigenvalue weighted by Crippen LogP contribution is 2.38. The largest absolute Gasteiger partial charge is 0.573 e. The number of hydrogen-bond donors (Lipinski definition) is 0. The maximum absolute atomic E-state index is 12.5. The van der Waals surface area contributed by atoms with Crippen LogP contribution < -0.4 is 4.74 Å². The fraction of sp³-hybridized carbons (Fsp3) is 0.250. The molecule has 1 aliphatic rings. The molecule has 0 unspecified atom stereocenters. The molecule has 1 heterocycles. The zero-order valence-electron chi connectivity index (χ0n) is 14.7. The Hall–Kier alpha value is -3.34. The highest BCUT2D eigenvalue weighted by atomic mass is 19.4. The van der Waals surface area contributed by atoms with E-state index in [1.54, 1.807) is 6.07 Å². The van der Waals surface area contributed by atoms with Gasteiger partial charge >= 0.3 is 6.36 Å². The van der Waals surface area contributed by atoms with E-state index in [1.165, 1.54) is 11.6 Å². The number of alkyl halides is 3. The van der Waals surface area contributed by atoms with Crippen molar-refractivity contribution in [2.45, 2.75) is 32.0 Å². The Morgan fingerprint density at radius 1 is 1.25 bits per heavy atom. The third-order valence-electron chi connectivity index (χ3n) is 4.75. The number of nitriles is 1. The molecular weight excluding hydrogens is 371 g/mol. The summed E-state index contributed by atoms with van der Waals surface area (Å²) in [5, 5.41) is 13.1. The lowest BCUT2D eigenvalue weighted by molar-refractivity contribution is -0.274. The van der Waals surface area contributed by atoms with Crippen LogP contribution in [0.4, 0.5) is 13.2 Å². The van der Waals surface area contributed by atoms with Crippen LogP contribution in [0.5, 0.6) is 5.75 Å². The number of hydrogen-bond acceptors (Lipinski definition) is 5. The average molecular weight is 385 g/mol. The van der Waals surface area contributed by atoms with Crippen LogP contribution in [0.3, 0.4) is 0 Å². The first-order valence-electron chi connectivity index (χ1n) is 8.61. The molecule has 4 rings (SSSR count). The minimum atomic E-state index is -4.87. The zero-order chi connectivity index (χ0) is 19.9. The van der Waals surface area contributed by atoms with Crippen molar-refractivity contribution in [2.75, 3.05) is 0 Å². The second kappa shape index (κ2) is 6.68. The van der Waals surface area contributed by atoms with E-state index in [9.17, 15) is 13.2 Å². The van der Waals surface area contributed by atoms with Crippen molar-refractivity contribution in [3.05, 3.63) is 53.1 Å². The summed E-state index contributed by atoms with van der Waals surface area (Å²) in [6, 6.07) is 11.2. The lowest BCUT2D eigenvalue weighted by Gasteiger charge is -2.09. The van der Waals surface area contributed by atoms with Gasteiger partial charge in [-0.15, -0.1) is 13.2 Å². The first-order valence-corrected chi connectivity index (χ1v) is 8.61. The summed E-state index contributed by atoms with van der Waals surface area (Å²) in [4.78, 5) is 4.34. The topological polar surface area (TPSA) is 71.9 Å². The number of halogens is 3. The highest BCUT2D eigenvalue weighted by Gasteiger charge is 2.31.